The first-order valence-electron chi connectivity index (χ1n) is 3.25. The van der Waals surface area contributed by atoms with Gasteiger partial charge in [0.15, 0.2) is 0 Å². The van der Waals surface area contributed by atoms with Gasteiger partial charge in [-0.2, -0.15) is 0 Å². The maximum Gasteiger partial charge on any atom is 0.121 e. The molecule has 4 nitrogen and oxygen atoms in total. The lowest BCUT2D eigenvalue weighted by Gasteiger charge is -2.04. The van der Waals surface area contributed by atoms with E-state index in [4.69, 9.17) is 17.3 Å². The molecule has 5 heteroatoms. The highest BCUT2D eigenvalue weighted by molar-refractivity contribution is 6.32. The zero-order valence-corrected chi connectivity index (χ0v) is 7.63. The van der Waals surface area contributed by atoms with Crippen molar-refractivity contribution in [2.45, 2.75) is 0 Å². The highest BCUT2D eigenvalue weighted by Crippen LogP contribution is 2.16. The van der Waals surface area contributed by atoms with Crippen molar-refractivity contribution in [3.05, 3.63) is 18.2 Å². The summed E-state index contributed by atoms with van der Waals surface area (Å²) in [6, 6.07) is 5.25. The van der Waals surface area contributed by atoms with E-state index < -0.39 is 0 Å². The smallest absolute Gasteiger partial charge is 0.121 e. The van der Waals surface area contributed by atoms with Gasteiger partial charge in [0.2, 0.25) is 0 Å². The van der Waals surface area contributed by atoms with E-state index in [1.807, 2.05) is 0 Å². The Bertz CT molecular complexity index is 230. The lowest BCUT2D eigenvalue weighted by atomic mass is 9.96. The number of hydrogen-bond donors (Lipinski definition) is 0. The van der Waals surface area contributed by atoms with Crippen LogP contribution in [0, 0.1) is 0 Å². The molecule has 1 rings (SSSR count). The van der Waals surface area contributed by atoms with Crippen LogP contribution in [-0.4, -0.2) is 33.0 Å². The van der Waals surface area contributed by atoms with Crippen LogP contribution in [0.1, 0.15) is 0 Å². The Balaban J connectivity index is 0. The second-order valence-electron chi connectivity index (χ2n) is 2.15. The molecule has 0 saturated heterocycles. The number of ether oxygens (including phenoxy) is 2. The van der Waals surface area contributed by atoms with E-state index in [1.165, 1.54) is 0 Å². The van der Waals surface area contributed by atoms with E-state index in [2.05, 4.69) is 0 Å². The average molecular weight is 184 g/mol. The van der Waals surface area contributed by atoms with E-state index >= 15 is 0 Å². The molecule has 0 bridgehead atoms. The van der Waals surface area contributed by atoms with Gasteiger partial charge in [0.1, 0.15) is 19.3 Å². The summed E-state index contributed by atoms with van der Waals surface area (Å²) >= 11 is 0. The zero-order valence-electron chi connectivity index (χ0n) is 7.63. The fourth-order valence-corrected chi connectivity index (χ4v) is 0.829. The van der Waals surface area contributed by atoms with Crippen LogP contribution in [0.25, 0.3) is 0 Å². The van der Waals surface area contributed by atoms with E-state index in [9.17, 15) is 0 Å². The second kappa shape index (κ2) is 6.34. The first-order chi connectivity index (χ1) is 5.26. The van der Waals surface area contributed by atoms with Crippen LogP contribution in [0.15, 0.2) is 18.2 Å². The summed E-state index contributed by atoms with van der Waals surface area (Å²) in [5.41, 5.74) is 0.640. The highest BCUT2D eigenvalue weighted by Gasteiger charge is 1.96. The van der Waals surface area contributed by atoms with Crippen LogP contribution >= 0.6 is 0 Å². The van der Waals surface area contributed by atoms with Gasteiger partial charge in [0.05, 0.1) is 14.2 Å². The van der Waals surface area contributed by atoms with Gasteiger partial charge < -0.3 is 20.4 Å². The SMILES string of the molecule is O.O.[B]c1cc(OC)cc(OC)c1. The van der Waals surface area contributed by atoms with Gasteiger partial charge in [-0.1, -0.05) is 5.46 Å². The quantitative estimate of drug-likeness (QED) is 0.543. The van der Waals surface area contributed by atoms with Gasteiger partial charge >= 0.3 is 0 Å². The molecule has 0 aliphatic carbocycles. The summed E-state index contributed by atoms with van der Waals surface area (Å²) in [5, 5.41) is 0. The molecule has 0 aromatic heterocycles. The molecule has 72 valence electrons. The third-order valence-corrected chi connectivity index (χ3v) is 1.37. The monoisotopic (exact) mass is 184 g/mol. The van der Waals surface area contributed by atoms with Crippen molar-refractivity contribution >= 4 is 13.3 Å². The van der Waals surface area contributed by atoms with Crippen molar-refractivity contribution in [3.63, 3.8) is 0 Å². The van der Waals surface area contributed by atoms with E-state index in [1.54, 1.807) is 32.4 Å². The van der Waals surface area contributed by atoms with E-state index in [0.717, 1.165) is 0 Å². The van der Waals surface area contributed by atoms with Crippen molar-refractivity contribution in [2.24, 2.45) is 0 Å². The van der Waals surface area contributed by atoms with Crippen molar-refractivity contribution in [1.82, 2.24) is 0 Å². The number of benzene rings is 1. The van der Waals surface area contributed by atoms with Crippen LogP contribution in [0.5, 0.6) is 11.5 Å². The van der Waals surface area contributed by atoms with Crippen LogP contribution < -0.4 is 14.9 Å². The molecule has 0 heterocycles. The molecule has 1 aromatic rings. The molecular weight excluding hydrogens is 171 g/mol. The van der Waals surface area contributed by atoms with Gasteiger partial charge in [-0.05, 0) is 12.1 Å². The van der Waals surface area contributed by atoms with Crippen molar-refractivity contribution < 1.29 is 20.4 Å². The summed E-state index contributed by atoms with van der Waals surface area (Å²) in [7, 11) is 8.73. The minimum atomic E-state index is 0. The third kappa shape index (κ3) is 3.82. The van der Waals surface area contributed by atoms with E-state index in [-0.39, 0.29) is 11.0 Å². The van der Waals surface area contributed by atoms with Gasteiger partial charge in [-0.3, -0.25) is 0 Å². The lowest BCUT2D eigenvalue weighted by Crippen LogP contribution is -2.02. The minimum absolute atomic E-state index is 0. The predicted molar refractivity (Wildman–Crippen MR) is 52.2 cm³/mol. The Kier molecular flexibility index (Phi) is 6.99. The maximum atomic E-state index is 5.55. The summed E-state index contributed by atoms with van der Waals surface area (Å²) in [6.07, 6.45) is 0. The lowest BCUT2D eigenvalue weighted by molar-refractivity contribution is 0.395. The average Bonchev–Trinajstić information content (AvgIpc) is 2.03. The third-order valence-electron chi connectivity index (χ3n) is 1.37. The Morgan fingerprint density at radius 3 is 1.62 bits per heavy atom. The normalized spacial score (nSPS) is 7.85. The topological polar surface area (TPSA) is 81.5 Å². The molecule has 1 aromatic carbocycles. The molecule has 0 unspecified atom stereocenters. The summed E-state index contributed by atoms with van der Waals surface area (Å²) in [6.45, 7) is 0. The second-order valence-corrected chi connectivity index (χ2v) is 2.15. The number of rotatable bonds is 2. The molecule has 2 radical (unpaired) electrons. The van der Waals surface area contributed by atoms with Crippen molar-refractivity contribution in [2.75, 3.05) is 14.2 Å². The highest BCUT2D eigenvalue weighted by atomic mass is 16.5. The van der Waals surface area contributed by atoms with Crippen LogP contribution in [0.3, 0.4) is 0 Å². The fraction of sp³-hybridized carbons (Fsp3) is 0.250. The number of hydrogen-bond acceptors (Lipinski definition) is 2. The number of methoxy groups -OCH3 is 2. The molecule has 13 heavy (non-hydrogen) atoms. The molecular formula is C8H13BO4. The van der Waals surface area contributed by atoms with Crippen molar-refractivity contribution in [3.8, 4) is 11.5 Å². The molecule has 0 fully saturated rings. The molecule has 0 amide bonds. The van der Waals surface area contributed by atoms with Gasteiger partial charge in [0.25, 0.3) is 0 Å². The molecule has 0 atom stereocenters. The molecule has 0 aliphatic rings. The summed E-state index contributed by atoms with van der Waals surface area (Å²) < 4.78 is 9.96. The summed E-state index contributed by atoms with van der Waals surface area (Å²) in [5.74, 6) is 1.42. The summed E-state index contributed by atoms with van der Waals surface area (Å²) in [4.78, 5) is 0. The zero-order chi connectivity index (χ0) is 8.27. The van der Waals surface area contributed by atoms with Crippen LogP contribution in [0.4, 0.5) is 0 Å². The maximum absolute atomic E-state index is 5.55. The predicted octanol–water partition coefficient (Wildman–Crippen LogP) is -1.15. The molecule has 0 saturated carbocycles. The first-order valence-corrected chi connectivity index (χ1v) is 3.25. The minimum Gasteiger partial charge on any atom is -0.497 e. The first kappa shape index (κ1) is 14.3. The Morgan fingerprint density at radius 1 is 0.923 bits per heavy atom. The van der Waals surface area contributed by atoms with Gasteiger partial charge in [-0.25, -0.2) is 0 Å². The molecule has 0 spiro atoms. The van der Waals surface area contributed by atoms with Crippen LogP contribution in [0.2, 0.25) is 0 Å². The largest absolute Gasteiger partial charge is 0.497 e. The standard InChI is InChI=1S/C8H9BO2.2H2O/c1-10-7-3-6(9)4-8(5-7)11-2;;/h3-5H,1-2H3;2*1H2. The Labute approximate surface area is 78.5 Å². The molecule has 4 N–H and O–H groups in total. The van der Waals surface area contributed by atoms with Gasteiger partial charge in [0, 0.05) is 6.07 Å². The van der Waals surface area contributed by atoms with Crippen LogP contribution in [-0.2, 0) is 0 Å². The van der Waals surface area contributed by atoms with Gasteiger partial charge in [-0.15, -0.1) is 0 Å². The molecule has 0 aliphatic heterocycles. The van der Waals surface area contributed by atoms with E-state index in [0.29, 0.717) is 17.0 Å². The van der Waals surface area contributed by atoms with Crippen molar-refractivity contribution in [1.29, 1.82) is 0 Å². The fourth-order valence-electron chi connectivity index (χ4n) is 0.829. The Hall–Kier alpha value is -1.20. The Morgan fingerprint density at radius 2 is 1.31 bits per heavy atom.